The summed E-state index contributed by atoms with van der Waals surface area (Å²) in [6.07, 6.45) is 0. The van der Waals surface area contributed by atoms with Gasteiger partial charge in [-0.15, -0.1) is 4.37 Å². The number of rotatable bonds is 0. The molecule has 0 aliphatic rings. The predicted molar refractivity (Wildman–Crippen MR) is 41.9 cm³/mol. The zero-order valence-corrected chi connectivity index (χ0v) is 6.21. The fourth-order valence-electron chi connectivity index (χ4n) is 0.702. The molecule has 9 heavy (non-hydrogen) atoms. The lowest BCUT2D eigenvalue weighted by atomic mass is 10.3. The number of benzene rings is 1. The average Bonchev–Trinajstić information content (AvgIpc) is 2.33. The normalized spacial score (nSPS) is 10.2. The smallest absolute Gasteiger partial charge is 0.135 e. The number of fused-ring (bicyclic) bond motifs is 1. The molecule has 0 spiro atoms. The molecule has 0 amide bonds. The number of nitrogens with zero attached hydrogens (tertiary/aromatic N) is 1. The highest BCUT2D eigenvalue weighted by molar-refractivity contribution is 7.69. The minimum absolute atomic E-state index is 1.12. The zero-order chi connectivity index (χ0) is 6.10. The molecular formula is C6H4NS2+. The molecular weight excluding hydrogens is 150 g/mol. The van der Waals surface area contributed by atoms with Crippen molar-refractivity contribution in [1.29, 1.82) is 0 Å². The summed E-state index contributed by atoms with van der Waals surface area (Å²) in [5, 5.41) is 0. The van der Waals surface area contributed by atoms with Crippen LogP contribution in [0.2, 0.25) is 0 Å². The first kappa shape index (κ1) is 5.26. The lowest BCUT2D eigenvalue weighted by Gasteiger charge is -1.72. The van der Waals surface area contributed by atoms with Crippen molar-refractivity contribution >= 4 is 31.1 Å². The van der Waals surface area contributed by atoms with Gasteiger partial charge < -0.3 is 0 Å². The first-order chi connectivity index (χ1) is 4.47. The summed E-state index contributed by atoms with van der Waals surface area (Å²) in [4.78, 5) is 0. The van der Waals surface area contributed by atoms with Crippen LogP contribution in [0.5, 0.6) is 0 Å². The first-order valence-corrected chi connectivity index (χ1v) is 4.71. The van der Waals surface area contributed by atoms with Crippen LogP contribution in [-0.4, -0.2) is 4.37 Å². The molecule has 1 nitrogen and oxygen atoms in total. The maximum atomic E-state index is 4.18. The van der Waals surface area contributed by atoms with Gasteiger partial charge in [0, 0.05) is 6.07 Å². The molecule has 0 saturated carbocycles. The van der Waals surface area contributed by atoms with Crippen molar-refractivity contribution < 1.29 is 0 Å². The molecule has 3 heteroatoms. The Kier molecular flexibility index (Phi) is 1.17. The van der Waals surface area contributed by atoms with Crippen LogP contribution in [0, 0.1) is 0 Å². The monoisotopic (exact) mass is 154 g/mol. The van der Waals surface area contributed by atoms with Gasteiger partial charge in [-0.2, -0.15) is 0 Å². The summed E-state index contributed by atoms with van der Waals surface area (Å²) in [6, 6.07) is 8.16. The summed E-state index contributed by atoms with van der Waals surface area (Å²) in [5.41, 5.74) is 1.12. The second kappa shape index (κ2) is 2.01. The van der Waals surface area contributed by atoms with Gasteiger partial charge >= 0.3 is 10.3 Å². The third-order valence-corrected chi connectivity index (χ3v) is 2.98. The van der Waals surface area contributed by atoms with Gasteiger partial charge in [0.05, 0.1) is 0 Å². The molecule has 0 saturated heterocycles. The standard InChI is InChI=1S/C6H4NS2/c1-2-4-6-5(3-1)7-9-8-6/h1-4H/q+1. The molecule has 1 aromatic carbocycles. The van der Waals surface area contributed by atoms with Crippen molar-refractivity contribution in [3.05, 3.63) is 24.3 Å². The van der Waals surface area contributed by atoms with E-state index in [1.165, 1.54) is 4.70 Å². The lowest BCUT2D eigenvalue weighted by molar-refractivity contribution is 1.67. The fraction of sp³-hybridized carbons (Fsp3) is 0. The molecule has 0 atom stereocenters. The molecule has 1 aromatic heterocycles. The van der Waals surface area contributed by atoms with Crippen LogP contribution in [0.4, 0.5) is 0 Å². The molecule has 2 aromatic rings. The SMILES string of the molecule is c1ccc2[s+]snc2c1. The number of hydrogen-bond donors (Lipinski definition) is 0. The second-order valence-corrected chi connectivity index (χ2v) is 3.60. The van der Waals surface area contributed by atoms with E-state index in [-0.39, 0.29) is 0 Å². The van der Waals surface area contributed by atoms with Gasteiger partial charge in [0.15, 0.2) is 0 Å². The van der Waals surface area contributed by atoms with E-state index in [2.05, 4.69) is 10.4 Å². The molecule has 0 N–H and O–H groups in total. The Bertz CT molecular complexity index is 285. The Hall–Kier alpha value is -0.540. The van der Waals surface area contributed by atoms with Gasteiger partial charge in [0.25, 0.3) is 15.2 Å². The van der Waals surface area contributed by atoms with E-state index >= 15 is 0 Å². The summed E-state index contributed by atoms with van der Waals surface area (Å²) >= 11 is 0. The topological polar surface area (TPSA) is 12.9 Å². The Morgan fingerprint density at radius 2 is 2.22 bits per heavy atom. The molecule has 44 valence electrons. The van der Waals surface area contributed by atoms with E-state index in [0.717, 1.165) is 5.52 Å². The van der Waals surface area contributed by atoms with Crippen LogP contribution in [0.15, 0.2) is 24.3 Å². The van der Waals surface area contributed by atoms with Crippen molar-refractivity contribution in [2.24, 2.45) is 0 Å². The quantitative estimate of drug-likeness (QED) is 0.420. The molecule has 1 heterocycles. The van der Waals surface area contributed by atoms with E-state index in [0.29, 0.717) is 0 Å². The molecule has 0 unspecified atom stereocenters. The van der Waals surface area contributed by atoms with Gasteiger partial charge in [0.2, 0.25) is 0 Å². The average molecular weight is 154 g/mol. The van der Waals surface area contributed by atoms with Crippen molar-refractivity contribution in [2.75, 3.05) is 0 Å². The number of aromatic nitrogens is 1. The van der Waals surface area contributed by atoms with Gasteiger partial charge in [-0.1, -0.05) is 12.1 Å². The van der Waals surface area contributed by atoms with E-state index in [4.69, 9.17) is 0 Å². The van der Waals surface area contributed by atoms with E-state index < -0.39 is 0 Å². The van der Waals surface area contributed by atoms with Crippen molar-refractivity contribution in [3.63, 3.8) is 0 Å². The Balaban J connectivity index is 2.95. The fourth-order valence-corrected chi connectivity index (χ4v) is 2.47. The lowest BCUT2D eigenvalue weighted by Crippen LogP contribution is -1.60. The van der Waals surface area contributed by atoms with Crippen molar-refractivity contribution in [2.45, 2.75) is 0 Å². The van der Waals surface area contributed by atoms with Crippen LogP contribution < -0.4 is 0 Å². The maximum Gasteiger partial charge on any atom is 0.323 e. The highest BCUT2D eigenvalue weighted by Gasteiger charge is 2.05. The first-order valence-electron chi connectivity index (χ1n) is 2.60. The third-order valence-electron chi connectivity index (χ3n) is 1.13. The Morgan fingerprint density at radius 1 is 1.33 bits per heavy atom. The van der Waals surface area contributed by atoms with Gasteiger partial charge in [0.1, 0.15) is 5.52 Å². The number of hydrogen-bond acceptors (Lipinski definition) is 2. The second-order valence-electron chi connectivity index (χ2n) is 1.72. The van der Waals surface area contributed by atoms with Gasteiger partial charge in [-0.05, 0) is 6.07 Å². The van der Waals surface area contributed by atoms with Gasteiger partial charge in [-0.3, -0.25) is 0 Å². The minimum atomic E-state index is 1.12. The van der Waals surface area contributed by atoms with Crippen LogP contribution in [0.3, 0.4) is 0 Å². The predicted octanol–water partition coefficient (Wildman–Crippen LogP) is 2.64. The summed E-state index contributed by atoms with van der Waals surface area (Å²) < 4.78 is 5.46. The Morgan fingerprint density at radius 3 is 3.11 bits per heavy atom. The summed E-state index contributed by atoms with van der Waals surface area (Å²) in [6.45, 7) is 0. The highest BCUT2D eigenvalue weighted by atomic mass is 32.9. The highest BCUT2D eigenvalue weighted by Crippen LogP contribution is 2.19. The zero-order valence-electron chi connectivity index (χ0n) is 4.57. The van der Waals surface area contributed by atoms with Crippen LogP contribution >= 0.6 is 20.9 Å². The summed E-state index contributed by atoms with van der Waals surface area (Å²) in [5.74, 6) is 0. The summed E-state index contributed by atoms with van der Waals surface area (Å²) in [7, 11) is 3.26. The molecule has 2 rings (SSSR count). The van der Waals surface area contributed by atoms with E-state index in [1.54, 1.807) is 20.9 Å². The molecule has 0 radical (unpaired) electrons. The third kappa shape index (κ3) is 0.821. The van der Waals surface area contributed by atoms with Crippen molar-refractivity contribution in [3.8, 4) is 0 Å². The largest absolute Gasteiger partial charge is 0.323 e. The van der Waals surface area contributed by atoms with Crippen molar-refractivity contribution in [1.82, 2.24) is 4.37 Å². The van der Waals surface area contributed by atoms with Crippen LogP contribution in [0.1, 0.15) is 0 Å². The Labute approximate surface area is 60.1 Å². The molecule has 0 fully saturated rings. The minimum Gasteiger partial charge on any atom is -0.135 e. The van der Waals surface area contributed by atoms with E-state index in [1.807, 2.05) is 18.2 Å². The molecule has 0 bridgehead atoms. The van der Waals surface area contributed by atoms with E-state index in [9.17, 15) is 0 Å². The molecule has 0 aliphatic carbocycles. The van der Waals surface area contributed by atoms with Crippen LogP contribution in [0.25, 0.3) is 10.2 Å². The molecule has 0 aliphatic heterocycles. The maximum absolute atomic E-state index is 4.18. The van der Waals surface area contributed by atoms with Crippen LogP contribution in [-0.2, 0) is 0 Å². The van der Waals surface area contributed by atoms with Gasteiger partial charge in [-0.25, -0.2) is 0 Å².